The Morgan fingerprint density at radius 3 is 2.29 bits per heavy atom. The Balaban J connectivity index is 0.00000288. The van der Waals surface area contributed by atoms with E-state index >= 15 is 0 Å². The van der Waals surface area contributed by atoms with Crippen LogP contribution in [0.15, 0.2) is 54.6 Å². The van der Waals surface area contributed by atoms with Crippen molar-refractivity contribution in [3.05, 3.63) is 71.3 Å². The molecule has 0 heterocycles. The van der Waals surface area contributed by atoms with Crippen LogP contribution in [-0.4, -0.2) is 18.6 Å². The Bertz CT molecular complexity index is 603. The van der Waals surface area contributed by atoms with Gasteiger partial charge < -0.3 is 15.8 Å². The number of nitrogens with one attached hydrogen (secondary N) is 1. The molecular weight excluding hydrogens is 324 g/mol. The van der Waals surface area contributed by atoms with Gasteiger partial charge in [-0.15, -0.1) is 12.4 Å². The molecule has 0 aliphatic heterocycles. The van der Waals surface area contributed by atoms with Crippen molar-refractivity contribution in [1.29, 1.82) is 0 Å². The van der Waals surface area contributed by atoms with Crippen LogP contribution in [0.1, 0.15) is 23.6 Å². The van der Waals surface area contributed by atoms with Gasteiger partial charge in [-0.25, -0.2) is 0 Å². The summed E-state index contributed by atoms with van der Waals surface area (Å²) in [6.07, 6.45) is 0.542. The number of nitrogens with two attached hydrogens (primary N) is 1. The Morgan fingerprint density at radius 2 is 1.67 bits per heavy atom. The molecule has 2 aromatic carbocycles. The molecule has 0 aliphatic rings. The molecule has 0 bridgehead atoms. The van der Waals surface area contributed by atoms with E-state index in [1.54, 1.807) is 0 Å². The highest BCUT2D eigenvalue weighted by molar-refractivity contribution is 5.85. The third-order valence-corrected chi connectivity index (χ3v) is 3.60. The number of hydrogen-bond acceptors (Lipinski definition) is 3. The summed E-state index contributed by atoms with van der Waals surface area (Å²) in [6.45, 7) is 3.78. The van der Waals surface area contributed by atoms with E-state index in [2.05, 4.69) is 5.32 Å². The van der Waals surface area contributed by atoms with Crippen molar-refractivity contribution in [2.75, 3.05) is 6.61 Å². The molecule has 0 radical (unpaired) electrons. The number of benzene rings is 2. The first-order valence-electron chi connectivity index (χ1n) is 7.92. The molecule has 0 aliphatic carbocycles. The molecular formula is C19H25ClN2O2. The van der Waals surface area contributed by atoms with E-state index in [9.17, 15) is 4.79 Å². The first-order chi connectivity index (χ1) is 11.2. The van der Waals surface area contributed by atoms with Gasteiger partial charge in [-0.05, 0) is 30.0 Å². The number of halogens is 1. The fraction of sp³-hybridized carbons (Fsp3) is 0.316. The van der Waals surface area contributed by atoms with Crippen LogP contribution in [0.25, 0.3) is 0 Å². The predicted molar refractivity (Wildman–Crippen MR) is 99.0 cm³/mol. The Labute approximate surface area is 149 Å². The third-order valence-electron chi connectivity index (χ3n) is 3.60. The summed E-state index contributed by atoms with van der Waals surface area (Å²) < 4.78 is 5.36. The number of ether oxygens (including phenoxy) is 1. The zero-order valence-electron chi connectivity index (χ0n) is 13.9. The van der Waals surface area contributed by atoms with Gasteiger partial charge in [0.2, 0.25) is 5.91 Å². The molecule has 24 heavy (non-hydrogen) atoms. The van der Waals surface area contributed by atoms with Gasteiger partial charge >= 0.3 is 0 Å². The molecule has 0 saturated heterocycles. The summed E-state index contributed by atoms with van der Waals surface area (Å²) in [5.41, 5.74) is 9.20. The van der Waals surface area contributed by atoms with E-state index < -0.39 is 6.04 Å². The average Bonchev–Trinajstić information content (AvgIpc) is 2.59. The molecule has 4 nitrogen and oxygen atoms in total. The summed E-state index contributed by atoms with van der Waals surface area (Å²) in [5, 5.41) is 2.89. The lowest BCUT2D eigenvalue weighted by atomic mass is 10.1. The first kappa shape index (κ1) is 20.2. The van der Waals surface area contributed by atoms with Crippen molar-refractivity contribution in [1.82, 2.24) is 5.32 Å². The van der Waals surface area contributed by atoms with E-state index in [-0.39, 0.29) is 18.3 Å². The Morgan fingerprint density at radius 1 is 1.04 bits per heavy atom. The zero-order chi connectivity index (χ0) is 16.5. The second-order valence-electron chi connectivity index (χ2n) is 5.47. The van der Waals surface area contributed by atoms with E-state index in [1.165, 1.54) is 0 Å². The number of carbonyl (C=O) groups is 1. The predicted octanol–water partition coefficient (Wildman–Crippen LogP) is 2.83. The molecule has 2 rings (SSSR count). The van der Waals surface area contributed by atoms with Crippen LogP contribution in [0, 0.1) is 0 Å². The molecule has 2 aromatic rings. The Hall–Kier alpha value is -1.88. The quantitative estimate of drug-likeness (QED) is 0.771. The summed E-state index contributed by atoms with van der Waals surface area (Å²) in [4.78, 5) is 12.1. The first-order valence-corrected chi connectivity index (χ1v) is 7.92. The van der Waals surface area contributed by atoms with Crippen molar-refractivity contribution >= 4 is 18.3 Å². The standard InChI is InChI=1S/C19H24N2O2.ClH/c1-2-23-14-17-10-8-16(9-11-17)13-21-19(22)18(20)12-15-6-4-3-5-7-15;/h3-11,18H,2,12-14,20H2,1H3,(H,21,22);1H. The Kier molecular flexibility index (Phi) is 9.08. The largest absolute Gasteiger partial charge is 0.377 e. The van der Waals surface area contributed by atoms with Crippen molar-refractivity contribution in [2.24, 2.45) is 5.73 Å². The van der Waals surface area contributed by atoms with Crippen LogP contribution in [0.3, 0.4) is 0 Å². The second kappa shape index (κ2) is 10.8. The molecule has 1 amide bonds. The molecule has 1 atom stereocenters. The number of rotatable bonds is 8. The van der Waals surface area contributed by atoms with Crippen molar-refractivity contribution in [3.63, 3.8) is 0 Å². The summed E-state index contributed by atoms with van der Waals surface area (Å²) >= 11 is 0. The maximum absolute atomic E-state index is 12.1. The average molecular weight is 349 g/mol. The third kappa shape index (κ3) is 6.71. The molecule has 130 valence electrons. The SMILES string of the molecule is CCOCc1ccc(CNC(=O)C(N)Cc2ccccc2)cc1.Cl. The monoisotopic (exact) mass is 348 g/mol. The topological polar surface area (TPSA) is 64.3 Å². The van der Waals surface area contributed by atoms with Gasteiger partial charge in [0.05, 0.1) is 12.6 Å². The van der Waals surface area contributed by atoms with Crippen LogP contribution in [0.5, 0.6) is 0 Å². The van der Waals surface area contributed by atoms with E-state index in [0.29, 0.717) is 26.2 Å². The summed E-state index contributed by atoms with van der Waals surface area (Å²) in [6, 6.07) is 17.3. The maximum Gasteiger partial charge on any atom is 0.237 e. The van der Waals surface area contributed by atoms with Crippen molar-refractivity contribution < 1.29 is 9.53 Å². The van der Waals surface area contributed by atoms with Crippen LogP contribution >= 0.6 is 12.4 Å². The number of carbonyl (C=O) groups excluding carboxylic acids is 1. The van der Waals surface area contributed by atoms with Crippen molar-refractivity contribution in [3.8, 4) is 0 Å². The van der Waals surface area contributed by atoms with Gasteiger partial charge in [0.25, 0.3) is 0 Å². The fourth-order valence-corrected chi connectivity index (χ4v) is 2.25. The van der Waals surface area contributed by atoms with Gasteiger partial charge in [-0.1, -0.05) is 54.6 Å². The lowest BCUT2D eigenvalue weighted by Crippen LogP contribution is -2.41. The maximum atomic E-state index is 12.1. The molecule has 0 fully saturated rings. The molecule has 5 heteroatoms. The fourth-order valence-electron chi connectivity index (χ4n) is 2.25. The summed E-state index contributed by atoms with van der Waals surface area (Å²) in [7, 11) is 0. The van der Waals surface area contributed by atoms with Crippen LogP contribution in [0.2, 0.25) is 0 Å². The van der Waals surface area contributed by atoms with Gasteiger partial charge in [0, 0.05) is 13.2 Å². The number of hydrogen-bond donors (Lipinski definition) is 2. The van der Waals surface area contributed by atoms with Crippen LogP contribution < -0.4 is 11.1 Å². The van der Waals surface area contributed by atoms with Gasteiger partial charge in [0.1, 0.15) is 0 Å². The number of amides is 1. The minimum absolute atomic E-state index is 0. The highest BCUT2D eigenvalue weighted by Crippen LogP contribution is 2.06. The van der Waals surface area contributed by atoms with E-state index in [1.807, 2.05) is 61.5 Å². The smallest absolute Gasteiger partial charge is 0.237 e. The lowest BCUT2D eigenvalue weighted by molar-refractivity contribution is -0.122. The van der Waals surface area contributed by atoms with Crippen LogP contribution in [-0.2, 0) is 29.1 Å². The molecule has 3 N–H and O–H groups in total. The minimum atomic E-state index is -0.533. The minimum Gasteiger partial charge on any atom is -0.377 e. The van der Waals surface area contributed by atoms with Crippen LogP contribution in [0.4, 0.5) is 0 Å². The van der Waals surface area contributed by atoms with E-state index in [4.69, 9.17) is 10.5 Å². The summed E-state index contributed by atoms with van der Waals surface area (Å²) in [5.74, 6) is -0.132. The molecule has 0 saturated carbocycles. The van der Waals surface area contributed by atoms with Gasteiger partial charge in [-0.3, -0.25) is 4.79 Å². The normalized spacial score (nSPS) is 11.4. The second-order valence-corrected chi connectivity index (χ2v) is 5.47. The van der Waals surface area contributed by atoms with Gasteiger partial charge in [0.15, 0.2) is 0 Å². The highest BCUT2D eigenvalue weighted by Gasteiger charge is 2.13. The highest BCUT2D eigenvalue weighted by atomic mass is 35.5. The van der Waals surface area contributed by atoms with E-state index in [0.717, 1.165) is 16.7 Å². The zero-order valence-corrected chi connectivity index (χ0v) is 14.7. The molecule has 0 aromatic heterocycles. The molecule has 1 unspecified atom stereocenters. The lowest BCUT2D eigenvalue weighted by Gasteiger charge is -2.12. The molecule has 0 spiro atoms. The van der Waals surface area contributed by atoms with Gasteiger partial charge in [-0.2, -0.15) is 0 Å². The van der Waals surface area contributed by atoms with Crippen molar-refractivity contribution in [2.45, 2.75) is 32.5 Å².